The number of amides is 1. The molecule has 1 aromatic rings. The molecule has 0 heterocycles. The third kappa shape index (κ3) is 7.18. The molecule has 0 saturated heterocycles. The number of hydrogen-bond donors (Lipinski definition) is 2. The molecule has 0 aromatic heterocycles. The number of nitrogens with one attached hydrogen (secondary N) is 1. The van der Waals surface area contributed by atoms with Crippen molar-refractivity contribution in [1.82, 2.24) is 5.32 Å². The number of benzene rings is 1. The first kappa shape index (κ1) is 35.2. The van der Waals surface area contributed by atoms with E-state index in [-0.39, 0.29) is 29.6 Å². The van der Waals surface area contributed by atoms with Crippen LogP contribution in [0.5, 0.6) is 0 Å². The van der Waals surface area contributed by atoms with Gasteiger partial charge < -0.3 is 15.2 Å². The minimum absolute atomic E-state index is 0.0971. The lowest BCUT2D eigenvalue weighted by molar-refractivity contribution is -0.284. The second kappa shape index (κ2) is 13.8. The van der Waals surface area contributed by atoms with Crippen molar-refractivity contribution < 1.29 is 41.4 Å². The van der Waals surface area contributed by atoms with E-state index in [0.29, 0.717) is 54.5 Å². The molecule has 1 amide bonds. The Labute approximate surface area is 269 Å². The van der Waals surface area contributed by atoms with Crippen LogP contribution in [-0.2, 0) is 16.0 Å². The lowest BCUT2D eigenvalue weighted by Crippen LogP contribution is -2.60. The first-order valence-electron chi connectivity index (χ1n) is 17.3. The van der Waals surface area contributed by atoms with E-state index in [1.54, 1.807) is 12.1 Å². The normalized spacial score (nSPS) is 34.5. The predicted octanol–water partition coefficient (Wildman–Crippen LogP) is 8.07. The Morgan fingerprint density at radius 3 is 2.43 bits per heavy atom. The molecule has 1 aromatic carbocycles. The number of hydrogen-bond acceptors (Lipinski definition) is 4. The lowest BCUT2D eigenvalue weighted by Gasteiger charge is -2.62. The molecule has 4 aliphatic carbocycles. The van der Waals surface area contributed by atoms with Gasteiger partial charge in [-0.3, -0.25) is 9.59 Å². The molecule has 8 atom stereocenters. The first-order chi connectivity index (χ1) is 21.7. The topological polar surface area (TPSA) is 75.6 Å². The number of aliphatic hydroxyl groups excluding tert-OH is 1. The maximum absolute atomic E-state index is 13.0. The molecule has 5 nitrogen and oxygen atoms in total. The number of halogens is 5. The van der Waals surface area contributed by atoms with E-state index in [0.717, 1.165) is 69.8 Å². The summed E-state index contributed by atoms with van der Waals surface area (Å²) in [4.78, 5) is 24.6. The SMILES string of the molecule is C[C@]12CCC(=O)CC1CC[C@@H]1[C@H]2C(OCCCCCc2ccc(C(=O)NCCCC(F)(F)C(F)(F)F)cc2)C[C@]2(C)C(O)CC[C@@H]12. The zero-order valence-electron chi connectivity index (χ0n) is 27.1. The molecule has 5 rings (SSSR count). The van der Waals surface area contributed by atoms with Crippen LogP contribution in [-0.4, -0.2) is 54.3 Å². The lowest BCUT2D eigenvalue weighted by atomic mass is 9.44. The van der Waals surface area contributed by atoms with Gasteiger partial charge in [-0.25, -0.2) is 0 Å². The van der Waals surface area contributed by atoms with Gasteiger partial charge in [-0.1, -0.05) is 32.4 Å². The van der Waals surface area contributed by atoms with Crippen LogP contribution in [0.3, 0.4) is 0 Å². The third-order valence-corrected chi connectivity index (χ3v) is 12.4. The van der Waals surface area contributed by atoms with Crippen LogP contribution in [0, 0.1) is 34.5 Å². The van der Waals surface area contributed by atoms with Crippen molar-refractivity contribution >= 4 is 11.7 Å². The number of unbranched alkanes of at least 4 members (excludes halogenated alkanes) is 2. The fourth-order valence-corrected chi connectivity index (χ4v) is 9.69. The summed E-state index contributed by atoms with van der Waals surface area (Å²) in [5, 5.41) is 13.4. The van der Waals surface area contributed by atoms with Crippen LogP contribution in [0.4, 0.5) is 22.0 Å². The van der Waals surface area contributed by atoms with Crippen molar-refractivity contribution in [2.75, 3.05) is 13.2 Å². The number of ether oxygens (including phenoxy) is 1. The number of rotatable bonds is 12. The number of carbonyl (C=O) groups is 2. The van der Waals surface area contributed by atoms with Gasteiger partial charge in [-0.05, 0) is 116 Å². The van der Waals surface area contributed by atoms with E-state index in [2.05, 4.69) is 19.2 Å². The summed E-state index contributed by atoms with van der Waals surface area (Å²) < 4.78 is 69.6. The fraction of sp³-hybridized carbons (Fsp3) is 0.778. The number of Topliss-reactive ketones (excluding diaryl/α,β-unsaturated/α-hetero) is 1. The summed E-state index contributed by atoms with van der Waals surface area (Å²) in [5.41, 5.74) is 1.39. The van der Waals surface area contributed by atoms with Crippen molar-refractivity contribution in [3.8, 4) is 0 Å². The second-order valence-electron chi connectivity index (χ2n) is 15.1. The molecule has 4 aliphatic rings. The molecule has 4 saturated carbocycles. The molecule has 258 valence electrons. The molecule has 2 N–H and O–H groups in total. The Morgan fingerprint density at radius 1 is 0.978 bits per heavy atom. The Balaban J connectivity index is 1.07. The van der Waals surface area contributed by atoms with Crippen molar-refractivity contribution in [3.05, 3.63) is 35.4 Å². The van der Waals surface area contributed by atoms with Gasteiger partial charge in [0.25, 0.3) is 5.91 Å². The van der Waals surface area contributed by atoms with Crippen LogP contribution < -0.4 is 5.32 Å². The number of alkyl halides is 5. The van der Waals surface area contributed by atoms with E-state index in [1.165, 1.54) is 0 Å². The fourth-order valence-electron chi connectivity index (χ4n) is 9.69. The minimum atomic E-state index is -5.59. The Bertz CT molecular complexity index is 1220. The molecule has 3 unspecified atom stereocenters. The summed E-state index contributed by atoms with van der Waals surface area (Å²) in [5.74, 6) is -2.94. The second-order valence-corrected chi connectivity index (χ2v) is 15.1. The zero-order chi connectivity index (χ0) is 33.3. The van der Waals surface area contributed by atoms with Gasteiger partial charge in [0.1, 0.15) is 5.78 Å². The maximum atomic E-state index is 13.0. The molecule has 10 heteroatoms. The number of aliphatic hydroxyl groups is 1. The van der Waals surface area contributed by atoms with Crippen molar-refractivity contribution in [2.45, 2.75) is 128 Å². The number of aryl methyl sites for hydroxylation is 1. The summed E-state index contributed by atoms with van der Waals surface area (Å²) >= 11 is 0. The molecule has 0 spiro atoms. The minimum Gasteiger partial charge on any atom is -0.393 e. The predicted molar refractivity (Wildman–Crippen MR) is 164 cm³/mol. The number of carbonyl (C=O) groups excluding carboxylic acids is 2. The van der Waals surface area contributed by atoms with Crippen molar-refractivity contribution in [2.24, 2.45) is 34.5 Å². The van der Waals surface area contributed by atoms with E-state index < -0.39 is 30.8 Å². The van der Waals surface area contributed by atoms with E-state index >= 15 is 0 Å². The highest BCUT2D eigenvalue weighted by Crippen LogP contribution is 2.66. The van der Waals surface area contributed by atoms with Crippen LogP contribution in [0.1, 0.15) is 113 Å². The summed E-state index contributed by atoms with van der Waals surface area (Å²) in [7, 11) is 0. The zero-order valence-corrected chi connectivity index (χ0v) is 27.1. The molecule has 0 bridgehead atoms. The van der Waals surface area contributed by atoms with Crippen LogP contribution in [0.15, 0.2) is 24.3 Å². The highest BCUT2D eigenvalue weighted by atomic mass is 19.4. The highest BCUT2D eigenvalue weighted by molar-refractivity contribution is 5.94. The molecule has 0 aliphatic heterocycles. The smallest absolute Gasteiger partial charge is 0.393 e. The largest absolute Gasteiger partial charge is 0.453 e. The summed E-state index contributed by atoms with van der Waals surface area (Å²) in [6.45, 7) is 5.09. The van der Waals surface area contributed by atoms with E-state index in [4.69, 9.17) is 4.74 Å². The van der Waals surface area contributed by atoms with Gasteiger partial charge in [0.05, 0.1) is 12.2 Å². The molecular formula is C36H50F5NO4. The molecule has 46 heavy (non-hydrogen) atoms. The van der Waals surface area contributed by atoms with Gasteiger partial charge in [-0.15, -0.1) is 0 Å². The quantitative estimate of drug-likeness (QED) is 0.176. The number of ketones is 1. The van der Waals surface area contributed by atoms with Crippen LogP contribution in [0.2, 0.25) is 0 Å². The monoisotopic (exact) mass is 655 g/mol. The van der Waals surface area contributed by atoms with Crippen molar-refractivity contribution in [3.63, 3.8) is 0 Å². The third-order valence-electron chi connectivity index (χ3n) is 12.4. The summed E-state index contributed by atoms with van der Waals surface area (Å²) in [6, 6.07) is 6.95. The highest BCUT2D eigenvalue weighted by Gasteiger charge is 2.63. The maximum Gasteiger partial charge on any atom is 0.453 e. The van der Waals surface area contributed by atoms with Crippen LogP contribution >= 0.6 is 0 Å². The molecule has 0 radical (unpaired) electrons. The standard InChI is InChI=1S/C36H50F5NO4/c1-33-18-16-26(43)21-25(33)12-13-27-28-14-15-30(44)34(28,2)22-29(31(27)33)46-20-5-3-4-7-23-8-10-24(11-9-23)32(45)42-19-6-17-35(37,38)36(39,40)41/h8-11,25,27-31,44H,3-7,12-22H2,1-2H3,(H,42,45)/t25?,27-,28-,29?,30?,31-,33-,34-/m0/s1. The van der Waals surface area contributed by atoms with Crippen LogP contribution in [0.25, 0.3) is 0 Å². The average molecular weight is 656 g/mol. The van der Waals surface area contributed by atoms with Gasteiger partial charge in [0, 0.05) is 38.0 Å². The van der Waals surface area contributed by atoms with Gasteiger partial charge >= 0.3 is 12.1 Å². The van der Waals surface area contributed by atoms with Gasteiger partial charge in [0.2, 0.25) is 0 Å². The molecular weight excluding hydrogens is 605 g/mol. The summed E-state index contributed by atoms with van der Waals surface area (Å²) in [6.07, 6.45) is 3.45. The average Bonchev–Trinajstić information content (AvgIpc) is 3.30. The molecule has 4 fully saturated rings. The Kier molecular flexibility index (Phi) is 10.6. The number of fused-ring (bicyclic) bond motifs is 5. The van der Waals surface area contributed by atoms with E-state index in [1.807, 2.05) is 12.1 Å². The van der Waals surface area contributed by atoms with Crippen molar-refractivity contribution in [1.29, 1.82) is 0 Å². The Hall–Kier alpha value is -2.07. The van der Waals surface area contributed by atoms with E-state index in [9.17, 15) is 36.6 Å². The first-order valence-corrected chi connectivity index (χ1v) is 17.3. The Morgan fingerprint density at radius 2 is 1.72 bits per heavy atom. The van der Waals surface area contributed by atoms with Gasteiger partial charge in [0.15, 0.2) is 0 Å². The van der Waals surface area contributed by atoms with Gasteiger partial charge in [-0.2, -0.15) is 22.0 Å².